The molecule has 0 radical (unpaired) electrons. The molecule has 0 atom stereocenters. The Bertz CT molecular complexity index is 520. The lowest BCUT2D eigenvalue weighted by molar-refractivity contribution is 0.815. The Hall–Kier alpha value is -1.52. The Kier molecular flexibility index (Phi) is 5.24. The zero-order valence-electron chi connectivity index (χ0n) is 10.7. The molecule has 1 aromatic carbocycles. The van der Waals surface area contributed by atoms with Crippen molar-refractivity contribution in [2.24, 2.45) is 4.99 Å². The lowest BCUT2D eigenvalue weighted by Crippen LogP contribution is -2.36. The zero-order valence-corrected chi connectivity index (χ0v) is 12.3. The Morgan fingerprint density at radius 3 is 2.53 bits per heavy atom. The van der Waals surface area contributed by atoms with Crippen molar-refractivity contribution in [1.82, 2.24) is 10.6 Å². The number of thiophene rings is 1. The van der Waals surface area contributed by atoms with E-state index in [-0.39, 0.29) is 0 Å². The number of benzene rings is 1. The molecule has 0 aliphatic heterocycles. The highest BCUT2D eigenvalue weighted by atomic mass is 35.5. The fourth-order valence-corrected chi connectivity index (χ4v) is 2.36. The molecule has 0 amide bonds. The van der Waals surface area contributed by atoms with Gasteiger partial charge in [-0.05, 0) is 29.1 Å². The van der Waals surface area contributed by atoms with Crippen LogP contribution in [-0.4, -0.2) is 13.0 Å². The van der Waals surface area contributed by atoms with Crippen LogP contribution < -0.4 is 10.6 Å². The van der Waals surface area contributed by atoms with Crippen LogP contribution in [0.2, 0.25) is 5.02 Å². The summed E-state index contributed by atoms with van der Waals surface area (Å²) < 4.78 is 0. The van der Waals surface area contributed by atoms with Gasteiger partial charge in [0, 0.05) is 23.5 Å². The van der Waals surface area contributed by atoms with Crippen LogP contribution in [0.15, 0.2) is 46.8 Å². The van der Waals surface area contributed by atoms with Gasteiger partial charge >= 0.3 is 0 Å². The Morgan fingerprint density at radius 2 is 1.89 bits per heavy atom. The van der Waals surface area contributed by atoms with Crippen molar-refractivity contribution in [2.75, 3.05) is 7.05 Å². The van der Waals surface area contributed by atoms with Gasteiger partial charge in [-0.15, -0.1) is 11.3 Å². The highest BCUT2D eigenvalue weighted by molar-refractivity contribution is 7.09. The summed E-state index contributed by atoms with van der Waals surface area (Å²) in [5.41, 5.74) is 1.17. The molecular formula is C14H16ClN3S. The molecule has 1 heterocycles. The second-order valence-corrected chi connectivity index (χ2v) is 5.45. The summed E-state index contributed by atoms with van der Waals surface area (Å²) in [5.74, 6) is 0.795. The Morgan fingerprint density at radius 1 is 1.16 bits per heavy atom. The van der Waals surface area contributed by atoms with Crippen LogP contribution >= 0.6 is 22.9 Å². The molecular weight excluding hydrogens is 278 g/mol. The van der Waals surface area contributed by atoms with Crippen molar-refractivity contribution >= 4 is 28.9 Å². The molecule has 0 fully saturated rings. The van der Waals surface area contributed by atoms with Gasteiger partial charge in [-0.25, -0.2) is 0 Å². The van der Waals surface area contributed by atoms with E-state index in [0.717, 1.165) is 24.1 Å². The maximum atomic E-state index is 5.85. The van der Waals surface area contributed by atoms with Crippen LogP contribution in [0.5, 0.6) is 0 Å². The molecule has 0 aliphatic carbocycles. The van der Waals surface area contributed by atoms with Gasteiger partial charge in [0.2, 0.25) is 0 Å². The van der Waals surface area contributed by atoms with Crippen molar-refractivity contribution in [3.05, 3.63) is 57.2 Å². The van der Waals surface area contributed by atoms with Gasteiger partial charge in [0.05, 0.1) is 6.54 Å². The number of halogens is 1. The molecule has 0 bridgehead atoms. The highest BCUT2D eigenvalue weighted by Gasteiger charge is 1.99. The van der Waals surface area contributed by atoms with Crippen molar-refractivity contribution in [1.29, 1.82) is 0 Å². The number of hydrogen-bond acceptors (Lipinski definition) is 2. The molecule has 1 aromatic heterocycles. The molecule has 3 nitrogen and oxygen atoms in total. The first-order chi connectivity index (χ1) is 9.28. The molecule has 19 heavy (non-hydrogen) atoms. The number of hydrogen-bond donors (Lipinski definition) is 2. The molecule has 5 heteroatoms. The SMILES string of the molecule is CN=C(NCc1ccc(Cl)cc1)NCc1cccs1. The third-order valence-electron chi connectivity index (χ3n) is 2.61. The average Bonchev–Trinajstić information content (AvgIpc) is 2.94. The molecule has 0 unspecified atom stereocenters. The normalized spacial score (nSPS) is 11.4. The molecule has 0 saturated heterocycles. The van der Waals surface area contributed by atoms with Crippen LogP contribution in [0.4, 0.5) is 0 Å². The largest absolute Gasteiger partial charge is 0.352 e. The van der Waals surface area contributed by atoms with Crippen LogP contribution in [0.3, 0.4) is 0 Å². The summed E-state index contributed by atoms with van der Waals surface area (Å²) >= 11 is 7.58. The monoisotopic (exact) mass is 293 g/mol. The minimum Gasteiger partial charge on any atom is -0.352 e. The van der Waals surface area contributed by atoms with E-state index in [4.69, 9.17) is 11.6 Å². The van der Waals surface area contributed by atoms with Crippen LogP contribution in [0, 0.1) is 0 Å². The van der Waals surface area contributed by atoms with E-state index in [1.165, 1.54) is 10.4 Å². The van der Waals surface area contributed by atoms with Crippen molar-refractivity contribution in [3.63, 3.8) is 0 Å². The topological polar surface area (TPSA) is 36.4 Å². The van der Waals surface area contributed by atoms with E-state index < -0.39 is 0 Å². The number of nitrogens with one attached hydrogen (secondary N) is 2. The highest BCUT2D eigenvalue weighted by Crippen LogP contribution is 2.09. The smallest absolute Gasteiger partial charge is 0.191 e. The molecule has 2 rings (SSSR count). The first kappa shape index (κ1) is 13.9. The van der Waals surface area contributed by atoms with E-state index in [2.05, 4.69) is 27.1 Å². The standard InChI is InChI=1S/C14H16ClN3S/c1-16-14(18-10-13-3-2-8-19-13)17-9-11-4-6-12(15)7-5-11/h2-8H,9-10H2,1H3,(H2,16,17,18). The van der Waals surface area contributed by atoms with Gasteiger partial charge in [-0.1, -0.05) is 29.8 Å². The average molecular weight is 294 g/mol. The third-order valence-corrected chi connectivity index (χ3v) is 3.74. The molecule has 2 aromatic rings. The summed E-state index contributed by atoms with van der Waals surface area (Å²) in [6, 6.07) is 11.9. The summed E-state index contributed by atoms with van der Waals surface area (Å²) in [4.78, 5) is 5.48. The quantitative estimate of drug-likeness (QED) is 0.670. The molecule has 2 N–H and O–H groups in total. The Labute approximate surface area is 122 Å². The minimum atomic E-state index is 0.723. The second-order valence-electron chi connectivity index (χ2n) is 3.99. The lowest BCUT2D eigenvalue weighted by atomic mass is 10.2. The van der Waals surface area contributed by atoms with E-state index in [1.807, 2.05) is 30.3 Å². The third kappa shape index (κ3) is 4.58. The van der Waals surface area contributed by atoms with Crippen LogP contribution in [0.1, 0.15) is 10.4 Å². The van der Waals surface area contributed by atoms with Gasteiger partial charge in [0.15, 0.2) is 5.96 Å². The summed E-state index contributed by atoms with van der Waals surface area (Å²) in [7, 11) is 1.77. The van der Waals surface area contributed by atoms with Gasteiger partial charge < -0.3 is 10.6 Å². The van der Waals surface area contributed by atoms with Gasteiger partial charge in [0.1, 0.15) is 0 Å². The summed E-state index contributed by atoms with van der Waals surface area (Å²) in [6.45, 7) is 1.51. The maximum Gasteiger partial charge on any atom is 0.191 e. The summed E-state index contributed by atoms with van der Waals surface area (Å²) in [5, 5.41) is 9.37. The van der Waals surface area contributed by atoms with E-state index >= 15 is 0 Å². The summed E-state index contributed by atoms with van der Waals surface area (Å²) in [6.07, 6.45) is 0. The number of guanidine groups is 1. The first-order valence-electron chi connectivity index (χ1n) is 5.99. The fourth-order valence-electron chi connectivity index (χ4n) is 1.59. The first-order valence-corrected chi connectivity index (χ1v) is 7.25. The molecule has 0 aliphatic rings. The van der Waals surface area contributed by atoms with Gasteiger partial charge in [-0.3, -0.25) is 4.99 Å². The van der Waals surface area contributed by atoms with E-state index in [0.29, 0.717) is 0 Å². The van der Waals surface area contributed by atoms with Gasteiger partial charge in [0.25, 0.3) is 0 Å². The molecule has 0 spiro atoms. The molecule has 0 saturated carbocycles. The van der Waals surface area contributed by atoms with Crippen LogP contribution in [-0.2, 0) is 13.1 Å². The lowest BCUT2D eigenvalue weighted by Gasteiger charge is -2.11. The van der Waals surface area contributed by atoms with Gasteiger partial charge in [-0.2, -0.15) is 0 Å². The fraction of sp³-hybridized carbons (Fsp3) is 0.214. The second kappa shape index (κ2) is 7.16. The van der Waals surface area contributed by atoms with Crippen molar-refractivity contribution < 1.29 is 0 Å². The number of nitrogens with zero attached hydrogens (tertiary/aromatic N) is 1. The predicted octanol–water partition coefficient (Wildman–Crippen LogP) is 3.27. The predicted molar refractivity (Wildman–Crippen MR) is 82.8 cm³/mol. The van der Waals surface area contributed by atoms with Crippen LogP contribution in [0.25, 0.3) is 0 Å². The van der Waals surface area contributed by atoms with Crippen molar-refractivity contribution in [2.45, 2.75) is 13.1 Å². The number of rotatable bonds is 4. The zero-order chi connectivity index (χ0) is 13.5. The minimum absolute atomic E-state index is 0.723. The van der Waals surface area contributed by atoms with Crippen molar-refractivity contribution in [3.8, 4) is 0 Å². The maximum absolute atomic E-state index is 5.85. The number of aliphatic imine (C=N–C) groups is 1. The Balaban J connectivity index is 1.81. The van der Waals surface area contributed by atoms with E-state index in [9.17, 15) is 0 Å². The molecule has 100 valence electrons. The van der Waals surface area contributed by atoms with E-state index in [1.54, 1.807) is 18.4 Å².